The molecule has 1 aromatic carbocycles. The van der Waals surface area contributed by atoms with E-state index in [4.69, 9.17) is 9.47 Å². The molecule has 2 unspecified atom stereocenters. The molecule has 5 rings (SSSR count). The van der Waals surface area contributed by atoms with Crippen molar-refractivity contribution in [2.45, 2.75) is 43.6 Å². The zero-order chi connectivity index (χ0) is 20.7. The van der Waals surface area contributed by atoms with Gasteiger partial charge < -0.3 is 19.3 Å². The SMILES string of the molecule is COc1cccc(C2CCC3OC4(CCN(C(=O)c5ccccc5)CC4)C(=O)N32)n1. The minimum absolute atomic E-state index is 0.00912. The lowest BCUT2D eigenvalue weighted by atomic mass is 9.89. The second kappa shape index (κ2) is 7.40. The highest BCUT2D eigenvalue weighted by Gasteiger charge is 2.58. The number of nitrogens with zero attached hydrogens (tertiary/aromatic N) is 3. The third-order valence-electron chi connectivity index (χ3n) is 6.49. The van der Waals surface area contributed by atoms with E-state index in [1.165, 1.54) is 0 Å². The van der Waals surface area contributed by atoms with Crippen LogP contribution in [0.4, 0.5) is 0 Å². The molecule has 7 heteroatoms. The minimum atomic E-state index is -0.824. The van der Waals surface area contributed by atoms with Gasteiger partial charge in [0, 0.05) is 37.6 Å². The van der Waals surface area contributed by atoms with Crippen molar-refractivity contribution in [1.29, 1.82) is 0 Å². The fourth-order valence-electron chi connectivity index (χ4n) is 4.90. The lowest BCUT2D eigenvalue weighted by Crippen LogP contribution is -2.51. The van der Waals surface area contributed by atoms with Crippen LogP contribution < -0.4 is 4.74 Å². The summed E-state index contributed by atoms with van der Waals surface area (Å²) in [6.45, 7) is 1.03. The molecule has 2 atom stereocenters. The number of ether oxygens (including phenoxy) is 2. The summed E-state index contributed by atoms with van der Waals surface area (Å²) in [5, 5.41) is 0. The summed E-state index contributed by atoms with van der Waals surface area (Å²) in [7, 11) is 1.59. The number of rotatable bonds is 3. The molecule has 0 aliphatic carbocycles. The van der Waals surface area contributed by atoms with Crippen LogP contribution in [0.5, 0.6) is 5.88 Å². The van der Waals surface area contributed by atoms with Crippen molar-refractivity contribution in [2.24, 2.45) is 0 Å². The topological polar surface area (TPSA) is 72.0 Å². The van der Waals surface area contributed by atoms with E-state index >= 15 is 0 Å². The van der Waals surface area contributed by atoms with Crippen LogP contribution >= 0.6 is 0 Å². The molecule has 1 aromatic heterocycles. The normalized spacial score (nSPS) is 24.9. The Hall–Kier alpha value is -2.93. The second-order valence-corrected chi connectivity index (χ2v) is 8.14. The first-order valence-corrected chi connectivity index (χ1v) is 10.5. The predicted molar refractivity (Wildman–Crippen MR) is 109 cm³/mol. The first kappa shape index (κ1) is 19.1. The maximum atomic E-state index is 13.5. The van der Waals surface area contributed by atoms with Gasteiger partial charge in [-0.25, -0.2) is 4.98 Å². The third-order valence-corrected chi connectivity index (χ3v) is 6.49. The molecule has 1 spiro atoms. The molecule has 7 nitrogen and oxygen atoms in total. The van der Waals surface area contributed by atoms with E-state index in [-0.39, 0.29) is 24.1 Å². The van der Waals surface area contributed by atoms with E-state index in [9.17, 15) is 9.59 Å². The molecular weight excluding hydrogens is 382 g/mol. The number of methoxy groups -OCH3 is 1. The first-order valence-electron chi connectivity index (χ1n) is 10.5. The number of carbonyl (C=O) groups excluding carboxylic acids is 2. The molecule has 156 valence electrons. The van der Waals surface area contributed by atoms with Crippen molar-refractivity contribution in [3.8, 4) is 5.88 Å². The Morgan fingerprint density at radius 1 is 1.10 bits per heavy atom. The smallest absolute Gasteiger partial charge is 0.257 e. The van der Waals surface area contributed by atoms with Crippen LogP contribution in [0.15, 0.2) is 48.5 Å². The van der Waals surface area contributed by atoms with Gasteiger partial charge in [0.15, 0.2) is 5.60 Å². The van der Waals surface area contributed by atoms with Crippen LogP contribution in [0.3, 0.4) is 0 Å². The zero-order valence-corrected chi connectivity index (χ0v) is 17.0. The zero-order valence-electron chi connectivity index (χ0n) is 17.0. The lowest BCUT2D eigenvalue weighted by Gasteiger charge is -2.37. The van der Waals surface area contributed by atoms with Crippen LogP contribution in [0.25, 0.3) is 0 Å². The van der Waals surface area contributed by atoms with E-state index in [2.05, 4.69) is 4.98 Å². The van der Waals surface area contributed by atoms with Crippen molar-refractivity contribution >= 4 is 11.8 Å². The molecule has 3 aliphatic heterocycles. The maximum Gasteiger partial charge on any atom is 0.257 e. The van der Waals surface area contributed by atoms with Gasteiger partial charge in [-0.2, -0.15) is 0 Å². The number of hydrogen-bond donors (Lipinski definition) is 0. The Morgan fingerprint density at radius 3 is 2.60 bits per heavy atom. The molecule has 2 amide bonds. The van der Waals surface area contributed by atoms with Crippen LogP contribution in [0.2, 0.25) is 0 Å². The highest BCUT2D eigenvalue weighted by molar-refractivity contribution is 5.95. The fourth-order valence-corrected chi connectivity index (χ4v) is 4.90. The average molecular weight is 407 g/mol. The highest BCUT2D eigenvalue weighted by atomic mass is 16.6. The Morgan fingerprint density at radius 2 is 1.87 bits per heavy atom. The van der Waals surface area contributed by atoms with Gasteiger partial charge in [0.2, 0.25) is 5.88 Å². The van der Waals surface area contributed by atoms with Gasteiger partial charge in [0.1, 0.15) is 6.23 Å². The van der Waals surface area contributed by atoms with Gasteiger partial charge in [-0.3, -0.25) is 9.59 Å². The number of benzene rings is 1. The Labute approximate surface area is 175 Å². The Balaban J connectivity index is 1.31. The largest absolute Gasteiger partial charge is 0.481 e. The Kier molecular flexibility index (Phi) is 4.70. The summed E-state index contributed by atoms with van der Waals surface area (Å²) < 4.78 is 11.6. The monoisotopic (exact) mass is 407 g/mol. The van der Waals surface area contributed by atoms with E-state index in [1.54, 1.807) is 13.2 Å². The third kappa shape index (κ3) is 3.04. The number of fused-ring (bicyclic) bond motifs is 1. The Bertz CT molecular complexity index is 956. The number of pyridine rings is 1. The van der Waals surface area contributed by atoms with Crippen LogP contribution in [-0.4, -0.2) is 58.6 Å². The summed E-state index contributed by atoms with van der Waals surface area (Å²) in [5.41, 5.74) is 0.690. The fraction of sp³-hybridized carbons (Fsp3) is 0.435. The number of amides is 2. The molecule has 3 aliphatic rings. The summed E-state index contributed by atoms with van der Waals surface area (Å²) in [4.78, 5) is 34.5. The summed E-state index contributed by atoms with van der Waals surface area (Å²) in [6, 6.07) is 14.8. The van der Waals surface area contributed by atoms with Crippen LogP contribution in [-0.2, 0) is 9.53 Å². The summed E-state index contributed by atoms with van der Waals surface area (Å²) in [5.74, 6) is 0.590. The lowest BCUT2D eigenvalue weighted by molar-refractivity contribution is -0.142. The average Bonchev–Trinajstić information content (AvgIpc) is 3.32. The van der Waals surface area contributed by atoms with Crippen molar-refractivity contribution in [1.82, 2.24) is 14.8 Å². The van der Waals surface area contributed by atoms with E-state index in [0.29, 0.717) is 37.4 Å². The quantitative estimate of drug-likeness (QED) is 0.782. The standard InChI is InChI=1S/C23H25N3O4/c1-29-19-9-5-8-17(24-19)18-10-11-20-26(18)22(28)23(30-20)12-14-25(15-13-23)21(27)16-6-3-2-4-7-16/h2-9,18,20H,10-15H2,1H3. The molecule has 0 N–H and O–H groups in total. The van der Waals surface area contributed by atoms with Crippen molar-refractivity contribution in [3.63, 3.8) is 0 Å². The van der Waals surface area contributed by atoms with Gasteiger partial charge in [-0.1, -0.05) is 24.3 Å². The minimum Gasteiger partial charge on any atom is -0.481 e. The predicted octanol–water partition coefficient (Wildman–Crippen LogP) is 2.79. The summed E-state index contributed by atoms with van der Waals surface area (Å²) >= 11 is 0. The van der Waals surface area contributed by atoms with Gasteiger partial charge in [-0.15, -0.1) is 0 Å². The molecule has 3 saturated heterocycles. The van der Waals surface area contributed by atoms with Crippen molar-refractivity contribution in [2.75, 3.05) is 20.2 Å². The van der Waals surface area contributed by atoms with Crippen molar-refractivity contribution < 1.29 is 19.1 Å². The number of carbonyl (C=O) groups is 2. The van der Waals surface area contributed by atoms with Crippen molar-refractivity contribution in [3.05, 3.63) is 59.8 Å². The second-order valence-electron chi connectivity index (χ2n) is 8.14. The molecule has 0 bridgehead atoms. The highest BCUT2D eigenvalue weighted by Crippen LogP contribution is 2.47. The number of likely N-dealkylation sites (tertiary alicyclic amines) is 1. The van der Waals surface area contributed by atoms with Crippen LogP contribution in [0, 0.1) is 0 Å². The van der Waals surface area contributed by atoms with Crippen LogP contribution in [0.1, 0.15) is 47.8 Å². The molecule has 0 radical (unpaired) electrons. The molecule has 0 saturated carbocycles. The van der Waals surface area contributed by atoms with Gasteiger partial charge in [-0.05, 0) is 31.0 Å². The number of piperidine rings is 1. The summed E-state index contributed by atoms with van der Waals surface area (Å²) in [6.07, 6.45) is 2.45. The van der Waals surface area contributed by atoms with E-state index < -0.39 is 5.60 Å². The van der Waals surface area contributed by atoms with Gasteiger partial charge >= 0.3 is 0 Å². The number of hydrogen-bond acceptors (Lipinski definition) is 5. The molecule has 3 fully saturated rings. The number of aromatic nitrogens is 1. The van der Waals surface area contributed by atoms with E-state index in [0.717, 1.165) is 18.5 Å². The molecule has 4 heterocycles. The molecular formula is C23H25N3O4. The van der Waals surface area contributed by atoms with E-state index in [1.807, 2.05) is 52.3 Å². The molecule has 2 aromatic rings. The van der Waals surface area contributed by atoms with Gasteiger partial charge in [0.05, 0.1) is 18.8 Å². The maximum absolute atomic E-state index is 13.5. The molecule has 30 heavy (non-hydrogen) atoms. The van der Waals surface area contributed by atoms with Gasteiger partial charge in [0.25, 0.3) is 11.8 Å². The first-order chi connectivity index (χ1) is 14.6.